The molecule has 1 atom stereocenters. The van der Waals surface area contributed by atoms with Crippen LogP contribution in [-0.4, -0.2) is 56.6 Å². The lowest BCUT2D eigenvalue weighted by Crippen LogP contribution is -2.39. The number of thioether (sulfide) groups is 2. The van der Waals surface area contributed by atoms with Crippen molar-refractivity contribution in [3.05, 3.63) is 71.3 Å². The van der Waals surface area contributed by atoms with E-state index in [0.717, 1.165) is 28.3 Å². The van der Waals surface area contributed by atoms with Gasteiger partial charge in [0.2, 0.25) is 0 Å². The number of rotatable bonds is 8. The number of thiocarbonyl (C=S) groups is 1. The van der Waals surface area contributed by atoms with Crippen LogP contribution in [0, 0.1) is 0 Å². The molecule has 0 aliphatic carbocycles. The summed E-state index contributed by atoms with van der Waals surface area (Å²) in [6.07, 6.45) is 6.52. The molecule has 0 radical (unpaired) electrons. The van der Waals surface area contributed by atoms with E-state index in [2.05, 4.69) is 31.2 Å². The highest BCUT2D eigenvalue weighted by Gasteiger charge is 2.42. The van der Waals surface area contributed by atoms with E-state index in [9.17, 15) is 13.2 Å². The van der Waals surface area contributed by atoms with Crippen LogP contribution in [0.2, 0.25) is 0 Å². The van der Waals surface area contributed by atoms with Gasteiger partial charge in [0, 0.05) is 22.2 Å². The van der Waals surface area contributed by atoms with Crippen LogP contribution in [0.4, 0.5) is 0 Å². The molecule has 2 aliphatic heterocycles. The Morgan fingerprint density at radius 2 is 1.92 bits per heavy atom. The monoisotopic (exact) mass is 569 g/mol. The van der Waals surface area contributed by atoms with E-state index in [1.165, 1.54) is 34.4 Å². The van der Waals surface area contributed by atoms with Gasteiger partial charge in [-0.05, 0) is 48.9 Å². The third kappa shape index (κ3) is 5.87. The lowest BCUT2D eigenvalue weighted by atomic mass is 10.1. The zero-order chi connectivity index (χ0) is 26.0. The standard InChI is InChI=1S/C27H27N3O3S4/c1-2-3-14-35-23-11-9-19(10-12-23)25-20(17-29(28-25)21-7-5-4-6-8-21)16-24-26(31)30(27(34)36-24)22-13-15-37(32,33)18-22/h4-12,16-17,22H,2-3,13-15,18H2,1H3. The fourth-order valence-electron chi connectivity index (χ4n) is 4.39. The first-order valence-electron chi connectivity index (χ1n) is 12.2. The molecule has 10 heteroatoms. The summed E-state index contributed by atoms with van der Waals surface area (Å²) in [5, 5.41) is 4.88. The fourth-order valence-corrected chi connectivity index (χ4v) is 8.48. The van der Waals surface area contributed by atoms with Crippen LogP contribution in [-0.2, 0) is 14.6 Å². The van der Waals surface area contributed by atoms with E-state index in [0.29, 0.717) is 15.6 Å². The predicted molar refractivity (Wildman–Crippen MR) is 157 cm³/mol. The summed E-state index contributed by atoms with van der Waals surface area (Å²) in [7, 11) is -3.13. The Hall–Kier alpha value is -2.40. The molecule has 37 heavy (non-hydrogen) atoms. The molecule has 2 aromatic carbocycles. The maximum absolute atomic E-state index is 13.3. The molecule has 1 amide bonds. The first-order valence-corrected chi connectivity index (χ1v) is 16.2. The maximum Gasteiger partial charge on any atom is 0.266 e. The van der Waals surface area contributed by atoms with Gasteiger partial charge in [-0.25, -0.2) is 13.1 Å². The second-order valence-electron chi connectivity index (χ2n) is 9.05. The van der Waals surface area contributed by atoms with Gasteiger partial charge in [-0.2, -0.15) is 5.10 Å². The van der Waals surface area contributed by atoms with Crippen LogP contribution in [0.5, 0.6) is 0 Å². The molecule has 5 rings (SSSR count). The highest BCUT2D eigenvalue weighted by atomic mass is 32.2. The van der Waals surface area contributed by atoms with Crippen LogP contribution in [0.15, 0.2) is 70.6 Å². The summed E-state index contributed by atoms with van der Waals surface area (Å²) in [4.78, 5) is 16.5. The lowest BCUT2D eigenvalue weighted by Gasteiger charge is -2.20. The van der Waals surface area contributed by atoms with Gasteiger partial charge in [0.1, 0.15) is 4.32 Å². The SMILES string of the molecule is CCCCSc1ccc(-c2nn(-c3ccccc3)cc2C=C2SC(=S)N(C3CCS(=O)(=O)C3)C2=O)cc1. The Labute approximate surface area is 231 Å². The van der Waals surface area contributed by atoms with Crippen molar-refractivity contribution in [2.45, 2.75) is 37.1 Å². The molecular formula is C27H27N3O3S4. The second kappa shape index (κ2) is 11.1. The molecule has 0 saturated carbocycles. The van der Waals surface area contributed by atoms with Gasteiger partial charge in [0.25, 0.3) is 5.91 Å². The predicted octanol–water partition coefficient (Wildman–Crippen LogP) is 5.82. The topological polar surface area (TPSA) is 72.3 Å². The van der Waals surface area contributed by atoms with Crippen molar-refractivity contribution in [1.82, 2.24) is 14.7 Å². The van der Waals surface area contributed by atoms with E-state index in [4.69, 9.17) is 17.3 Å². The molecule has 2 aliphatic rings. The van der Waals surface area contributed by atoms with E-state index >= 15 is 0 Å². The smallest absolute Gasteiger partial charge is 0.266 e. The first kappa shape index (κ1) is 26.2. The molecule has 3 heterocycles. The zero-order valence-electron chi connectivity index (χ0n) is 20.4. The number of carbonyl (C=O) groups excluding carboxylic acids is 1. The summed E-state index contributed by atoms with van der Waals surface area (Å²) in [6.45, 7) is 2.19. The van der Waals surface area contributed by atoms with Crippen molar-refractivity contribution >= 4 is 61.9 Å². The molecule has 192 valence electrons. The van der Waals surface area contributed by atoms with Crippen LogP contribution >= 0.6 is 35.7 Å². The summed E-state index contributed by atoms with van der Waals surface area (Å²) in [5.74, 6) is 0.910. The number of amides is 1. The molecular weight excluding hydrogens is 543 g/mol. The number of nitrogens with zero attached hydrogens (tertiary/aromatic N) is 3. The van der Waals surface area contributed by atoms with E-state index in [1.807, 2.05) is 59.0 Å². The van der Waals surface area contributed by atoms with Crippen molar-refractivity contribution in [2.24, 2.45) is 0 Å². The molecule has 6 nitrogen and oxygen atoms in total. The summed E-state index contributed by atoms with van der Waals surface area (Å²) in [5.41, 5.74) is 3.44. The Morgan fingerprint density at radius 1 is 1.16 bits per heavy atom. The largest absolute Gasteiger partial charge is 0.289 e. The second-order valence-corrected chi connectivity index (χ2v) is 14.1. The highest BCUT2D eigenvalue weighted by Crippen LogP contribution is 2.38. The molecule has 2 fully saturated rings. The minimum atomic E-state index is -3.13. The van der Waals surface area contributed by atoms with Crippen LogP contribution in [0.25, 0.3) is 23.0 Å². The Bertz CT molecular complexity index is 1450. The lowest BCUT2D eigenvalue weighted by molar-refractivity contribution is -0.123. The van der Waals surface area contributed by atoms with Gasteiger partial charge in [-0.3, -0.25) is 9.69 Å². The Morgan fingerprint density at radius 3 is 2.59 bits per heavy atom. The third-order valence-corrected chi connectivity index (χ3v) is 10.5. The van der Waals surface area contributed by atoms with E-state index in [-0.39, 0.29) is 17.4 Å². The van der Waals surface area contributed by atoms with Gasteiger partial charge in [-0.1, -0.05) is 67.7 Å². The van der Waals surface area contributed by atoms with Gasteiger partial charge in [0.05, 0.1) is 33.8 Å². The van der Waals surface area contributed by atoms with Crippen molar-refractivity contribution in [3.63, 3.8) is 0 Å². The van der Waals surface area contributed by atoms with Gasteiger partial charge in [-0.15, -0.1) is 11.8 Å². The van der Waals surface area contributed by atoms with Gasteiger partial charge in [0.15, 0.2) is 9.84 Å². The third-order valence-electron chi connectivity index (χ3n) is 6.34. The Kier molecular flexibility index (Phi) is 7.90. The zero-order valence-corrected chi connectivity index (χ0v) is 23.6. The Balaban J connectivity index is 1.48. The molecule has 0 spiro atoms. The quantitative estimate of drug-likeness (QED) is 0.147. The number of carbonyl (C=O) groups is 1. The van der Waals surface area contributed by atoms with Crippen LogP contribution < -0.4 is 0 Å². The number of benzene rings is 2. The number of unbranched alkanes of at least 4 members (excludes halogenated alkanes) is 1. The number of sulfone groups is 1. The molecule has 0 bridgehead atoms. The van der Waals surface area contributed by atoms with E-state index in [1.54, 1.807) is 0 Å². The first-order chi connectivity index (χ1) is 17.8. The maximum atomic E-state index is 13.3. The number of hydrogen-bond acceptors (Lipinski definition) is 7. The minimum Gasteiger partial charge on any atom is -0.289 e. The van der Waals surface area contributed by atoms with E-state index < -0.39 is 15.9 Å². The van der Waals surface area contributed by atoms with Crippen LogP contribution in [0.1, 0.15) is 31.7 Å². The van der Waals surface area contributed by atoms with Gasteiger partial charge < -0.3 is 0 Å². The molecule has 3 aromatic rings. The number of aromatic nitrogens is 2. The highest BCUT2D eigenvalue weighted by molar-refractivity contribution is 8.26. The number of hydrogen-bond donors (Lipinski definition) is 0. The van der Waals surface area contributed by atoms with Gasteiger partial charge >= 0.3 is 0 Å². The molecule has 0 N–H and O–H groups in total. The summed E-state index contributed by atoms with van der Waals surface area (Å²) >= 11 is 8.56. The molecule has 1 aromatic heterocycles. The average molecular weight is 570 g/mol. The normalized spacial score (nSPS) is 20.3. The van der Waals surface area contributed by atoms with Crippen molar-refractivity contribution in [3.8, 4) is 16.9 Å². The minimum absolute atomic E-state index is 0.0352. The fraction of sp³-hybridized carbons (Fsp3) is 0.296. The van der Waals surface area contributed by atoms with Crippen molar-refractivity contribution < 1.29 is 13.2 Å². The summed E-state index contributed by atoms with van der Waals surface area (Å²) in [6, 6.07) is 17.8. The average Bonchev–Trinajstić information content (AvgIpc) is 3.55. The number of para-hydroxylation sites is 1. The molecule has 1 unspecified atom stereocenters. The van der Waals surface area contributed by atoms with Crippen molar-refractivity contribution in [2.75, 3.05) is 17.3 Å². The molecule has 2 saturated heterocycles. The van der Waals surface area contributed by atoms with Crippen molar-refractivity contribution in [1.29, 1.82) is 0 Å². The van der Waals surface area contributed by atoms with Crippen LogP contribution in [0.3, 0.4) is 0 Å². The summed E-state index contributed by atoms with van der Waals surface area (Å²) < 4.78 is 26.2.